The number of benzene rings is 3. The normalized spacial score (nSPS) is 11.9. The van der Waals surface area contributed by atoms with Crippen LogP contribution in [0.4, 0.5) is 0 Å². The Balaban J connectivity index is 1.66. The molecule has 1 unspecified atom stereocenters. The maximum Gasteiger partial charge on any atom is 0.266 e. The zero-order chi connectivity index (χ0) is 25.5. The molecule has 0 aliphatic rings. The molecule has 0 spiro atoms. The molecule has 1 heterocycles. The van der Waals surface area contributed by atoms with E-state index >= 15 is 0 Å². The zero-order valence-corrected chi connectivity index (χ0v) is 21.3. The molecule has 0 bridgehead atoms. The average Bonchev–Trinajstić information content (AvgIpc) is 2.89. The van der Waals surface area contributed by atoms with E-state index in [1.807, 2.05) is 87.5 Å². The highest BCUT2D eigenvalue weighted by molar-refractivity contribution is 5.77. The predicted octanol–water partition coefficient (Wildman–Crippen LogP) is 5.43. The minimum atomic E-state index is -0.103. The summed E-state index contributed by atoms with van der Waals surface area (Å²) in [6.45, 7) is 10.0. The van der Waals surface area contributed by atoms with Crippen LogP contribution >= 0.6 is 0 Å². The zero-order valence-electron chi connectivity index (χ0n) is 21.3. The Kier molecular flexibility index (Phi) is 8.23. The summed E-state index contributed by atoms with van der Waals surface area (Å²) in [7, 11) is 0. The summed E-state index contributed by atoms with van der Waals surface area (Å²) in [5.41, 5.74) is 2.37. The molecule has 3 aromatic carbocycles. The van der Waals surface area contributed by atoms with E-state index in [9.17, 15) is 4.79 Å². The van der Waals surface area contributed by atoms with Gasteiger partial charge in [-0.2, -0.15) is 0 Å². The molecule has 0 fully saturated rings. The first kappa shape index (κ1) is 25.3. The molecular weight excluding hydrogens is 454 g/mol. The number of para-hydroxylation sites is 1. The third-order valence-electron chi connectivity index (χ3n) is 5.88. The van der Waals surface area contributed by atoms with Gasteiger partial charge in [0.1, 0.15) is 11.6 Å². The van der Waals surface area contributed by atoms with Gasteiger partial charge in [-0.1, -0.05) is 18.2 Å². The van der Waals surface area contributed by atoms with Crippen molar-refractivity contribution in [1.82, 2.24) is 14.9 Å². The Hall–Kier alpha value is -3.84. The van der Waals surface area contributed by atoms with Crippen molar-refractivity contribution in [2.24, 2.45) is 0 Å². The highest BCUT2D eigenvalue weighted by atomic mass is 16.5. The Morgan fingerprint density at radius 2 is 1.56 bits per heavy atom. The second kappa shape index (κ2) is 11.7. The van der Waals surface area contributed by atoms with Gasteiger partial charge in [-0.3, -0.25) is 9.36 Å². The van der Waals surface area contributed by atoms with E-state index in [1.54, 1.807) is 4.57 Å². The molecule has 1 atom stereocenters. The van der Waals surface area contributed by atoms with Gasteiger partial charge >= 0.3 is 0 Å². The largest absolute Gasteiger partial charge is 0.494 e. The van der Waals surface area contributed by atoms with Crippen LogP contribution in [0, 0.1) is 0 Å². The molecule has 7 nitrogen and oxygen atoms in total. The smallest absolute Gasteiger partial charge is 0.266 e. The molecule has 1 aromatic heterocycles. The van der Waals surface area contributed by atoms with Crippen LogP contribution < -0.4 is 25.1 Å². The second-order valence-electron chi connectivity index (χ2n) is 8.29. The average molecular weight is 488 g/mol. The summed E-state index contributed by atoms with van der Waals surface area (Å²) >= 11 is 0. The molecule has 0 amide bonds. The molecular formula is C29H33N3O4. The topological polar surface area (TPSA) is 74.6 Å². The molecule has 4 rings (SSSR count). The van der Waals surface area contributed by atoms with Crippen LogP contribution in [0.3, 0.4) is 0 Å². The number of fused-ring (bicyclic) bond motifs is 1. The fourth-order valence-electron chi connectivity index (χ4n) is 4.12. The quantitative estimate of drug-likeness (QED) is 0.304. The molecule has 4 aromatic rings. The summed E-state index contributed by atoms with van der Waals surface area (Å²) in [4.78, 5) is 18.4. The van der Waals surface area contributed by atoms with E-state index in [0.717, 1.165) is 28.5 Å². The van der Waals surface area contributed by atoms with Crippen LogP contribution in [0.1, 0.15) is 45.1 Å². The first-order valence-electron chi connectivity index (χ1n) is 12.4. The summed E-state index contributed by atoms with van der Waals surface area (Å²) < 4.78 is 18.7. The van der Waals surface area contributed by atoms with Crippen molar-refractivity contribution in [2.45, 2.75) is 40.3 Å². The predicted molar refractivity (Wildman–Crippen MR) is 143 cm³/mol. The highest BCUT2D eigenvalue weighted by Gasteiger charge is 2.16. The first-order valence-corrected chi connectivity index (χ1v) is 12.4. The molecule has 0 radical (unpaired) electrons. The van der Waals surface area contributed by atoms with Gasteiger partial charge < -0.3 is 19.5 Å². The van der Waals surface area contributed by atoms with Crippen molar-refractivity contribution >= 4 is 10.9 Å². The first-order chi connectivity index (χ1) is 17.5. The van der Waals surface area contributed by atoms with Gasteiger partial charge in [-0.25, -0.2) is 4.98 Å². The maximum absolute atomic E-state index is 13.5. The number of hydrogen-bond acceptors (Lipinski definition) is 6. The van der Waals surface area contributed by atoms with Crippen molar-refractivity contribution in [3.63, 3.8) is 0 Å². The molecule has 0 saturated heterocycles. The Labute approximate surface area is 211 Å². The summed E-state index contributed by atoms with van der Waals surface area (Å²) in [6.07, 6.45) is 0. The van der Waals surface area contributed by atoms with Gasteiger partial charge in [0.25, 0.3) is 5.56 Å². The number of rotatable bonds is 11. The van der Waals surface area contributed by atoms with E-state index in [4.69, 9.17) is 19.2 Å². The number of hydrogen-bond donors (Lipinski definition) is 1. The second-order valence-corrected chi connectivity index (χ2v) is 8.29. The van der Waals surface area contributed by atoms with Crippen molar-refractivity contribution < 1.29 is 14.2 Å². The fraction of sp³-hybridized carbons (Fsp3) is 0.310. The Morgan fingerprint density at radius 3 is 2.28 bits per heavy atom. The van der Waals surface area contributed by atoms with E-state index in [-0.39, 0.29) is 11.6 Å². The van der Waals surface area contributed by atoms with Crippen LogP contribution in [-0.4, -0.2) is 29.4 Å². The number of aromatic nitrogens is 2. The van der Waals surface area contributed by atoms with Gasteiger partial charge in [0.2, 0.25) is 0 Å². The molecule has 0 aliphatic carbocycles. The van der Waals surface area contributed by atoms with Gasteiger partial charge in [0, 0.05) is 6.04 Å². The lowest BCUT2D eigenvalue weighted by Gasteiger charge is -2.19. The van der Waals surface area contributed by atoms with Gasteiger partial charge in [0.05, 0.1) is 43.0 Å². The van der Waals surface area contributed by atoms with Crippen LogP contribution in [0.2, 0.25) is 0 Å². The molecule has 1 N–H and O–H groups in total. The molecule has 0 saturated carbocycles. The minimum absolute atomic E-state index is 0.0166. The van der Waals surface area contributed by atoms with Gasteiger partial charge in [0.15, 0.2) is 11.5 Å². The SMILES string of the molecule is CCOc1ccc(-n2c(CNC(C)c3ccc(OCC)c(OCC)c3)nc3ccccc3c2=O)cc1. The van der Waals surface area contributed by atoms with E-state index in [1.165, 1.54) is 0 Å². The maximum atomic E-state index is 13.5. The number of ether oxygens (including phenoxy) is 3. The lowest BCUT2D eigenvalue weighted by Crippen LogP contribution is -2.28. The summed E-state index contributed by atoms with van der Waals surface area (Å²) in [6, 6.07) is 20.9. The molecule has 0 aliphatic heterocycles. The molecule has 188 valence electrons. The molecule has 36 heavy (non-hydrogen) atoms. The van der Waals surface area contributed by atoms with Crippen molar-refractivity contribution in [2.75, 3.05) is 19.8 Å². The lowest BCUT2D eigenvalue weighted by atomic mass is 10.1. The van der Waals surface area contributed by atoms with Gasteiger partial charge in [-0.15, -0.1) is 0 Å². The van der Waals surface area contributed by atoms with E-state index < -0.39 is 0 Å². The van der Waals surface area contributed by atoms with Crippen molar-refractivity contribution in [3.05, 3.63) is 88.5 Å². The monoisotopic (exact) mass is 487 g/mol. The standard InChI is InChI=1S/C29H33N3O4/c1-5-34-23-15-13-22(14-16-23)32-28(31-25-11-9-8-10-24(25)29(32)33)19-30-20(4)21-12-17-26(35-6-2)27(18-21)36-7-3/h8-18,20,30H,5-7,19H2,1-4H3. The van der Waals surface area contributed by atoms with Crippen LogP contribution in [0.5, 0.6) is 17.2 Å². The lowest BCUT2D eigenvalue weighted by molar-refractivity contribution is 0.287. The Bertz CT molecular complexity index is 1370. The van der Waals surface area contributed by atoms with Crippen LogP contribution in [0.25, 0.3) is 16.6 Å². The summed E-state index contributed by atoms with van der Waals surface area (Å²) in [5, 5.41) is 4.11. The van der Waals surface area contributed by atoms with E-state index in [2.05, 4.69) is 12.2 Å². The number of nitrogens with zero attached hydrogens (tertiary/aromatic N) is 2. The van der Waals surface area contributed by atoms with E-state index in [0.29, 0.717) is 43.1 Å². The van der Waals surface area contributed by atoms with Crippen molar-refractivity contribution in [1.29, 1.82) is 0 Å². The van der Waals surface area contributed by atoms with Crippen molar-refractivity contribution in [3.8, 4) is 22.9 Å². The summed E-state index contributed by atoms with van der Waals surface area (Å²) in [5.74, 6) is 2.85. The fourth-order valence-corrected chi connectivity index (χ4v) is 4.12. The van der Waals surface area contributed by atoms with Crippen LogP contribution in [-0.2, 0) is 6.54 Å². The minimum Gasteiger partial charge on any atom is -0.494 e. The highest BCUT2D eigenvalue weighted by Crippen LogP contribution is 2.31. The van der Waals surface area contributed by atoms with Gasteiger partial charge in [-0.05, 0) is 81.8 Å². The molecule has 7 heteroatoms. The van der Waals surface area contributed by atoms with Crippen LogP contribution in [0.15, 0.2) is 71.5 Å². The number of nitrogens with one attached hydrogen (secondary N) is 1. The Morgan fingerprint density at radius 1 is 0.861 bits per heavy atom. The third-order valence-corrected chi connectivity index (χ3v) is 5.88. The third kappa shape index (κ3) is 5.52.